The van der Waals surface area contributed by atoms with Crippen molar-refractivity contribution in [1.82, 2.24) is 19.2 Å². The van der Waals surface area contributed by atoms with Crippen molar-refractivity contribution in [1.29, 1.82) is 0 Å². The third-order valence-electron chi connectivity index (χ3n) is 5.68. The molecule has 0 spiro atoms. The minimum absolute atomic E-state index is 0.139. The van der Waals surface area contributed by atoms with Crippen molar-refractivity contribution >= 4 is 40.0 Å². The van der Waals surface area contributed by atoms with Crippen LogP contribution >= 0.6 is 11.8 Å². The summed E-state index contributed by atoms with van der Waals surface area (Å²) in [7, 11) is 0. The zero-order valence-electron chi connectivity index (χ0n) is 19.0. The molecule has 2 heterocycles. The minimum Gasteiger partial charge on any atom is -0.325 e. The second-order valence-corrected chi connectivity index (χ2v) is 9.49. The van der Waals surface area contributed by atoms with Gasteiger partial charge in [-0.05, 0) is 56.7 Å². The van der Waals surface area contributed by atoms with Crippen molar-refractivity contribution in [3.63, 3.8) is 0 Å². The molecular weight excluding hydrogens is 446 g/mol. The van der Waals surface area contributed by atoms with Crippen molar-refractivity contribution in [3.8, 4) is 5.69 Å². The van der Waals surface area contributed by atoms with Crippen LogP contribution in [-0.2, 0) is 4.79 Å². The number of anilines is 1. The first kappa shape index (κ1) is 21.9. The molecule has 1 amide bonds. The number of fused-ring (bicyclic) bond motifs is 3. The topological polar surface area (TPSA) is 81.3 Å². The Balaban J connectivity index is 1.63. The third kappa shape index (κ3) is 3.86. The molecule has 0 bridgehead atoms. The van der Waals surface area contributed by atoms with Gasteiger partial charge in [0.1, 0.15) is 0 Å². The van der Waals surface area contributed by atoms with Crippen molar-refractivity contribution in [2.24, 2.45) is 0 Å². The standard InChI is InChI=1S/C26H23N5O2S/c1-16-13-14-21(17(2)15-16)30-24(33)20-11-7-8-12-22(20)31-25(30)28-29-26(31)34-18(3)23(32)27-19-9-5-4-6-10-19/h4-15,18H,1-3H3,(H,27,32). The molecule has 3 aromatic carbocycles. The molecule has 0 aliphatic carbocycles. The molecule has 0 radical (unpaired) electrons. The fourth-order valence-corrected chi connectivity index (χ4v) is 4.86. The molecule has 1 unspecified atom stereocenters. The number of carbonyl (C=O) groups is 1. The van der Waals surface area contributed by atoms with Gasteiger partial charge in [-0.25, -0.2) is 4.57 Å². The number of benzene rings is 3. The Morgan fingerprint density at radius 1 is 0.971 bits per heavy atom. The number of thioether (sulfide) groups is 1. The number of aryl methyl sites for hydroxylation is 2. The number of hydrogen-bond donors (Lipinski definition) is 1. The van der Waals surface area contributed by atoms with Gasteiger partial charge in [0.15, 0.2) is 5.16 Å². The van der Waals surface area contributed by atoms with Gasteiger partial charge in [-0.15, -0.1) is 10.2 Å². The van der Waals surface area contributed by atoms with E-state index in [0.29, 0.717) is 21.8 Å². The van der Waals surface area contributed by atoms with E-state index in [9.17, 15) is 9.59 Å². The molecule has 1 atom stereocenters. The smallest absolute Gasteiger partial charge is 0.267 e. The summed E-state index contributed by atoms with van der Waals surface area (Å²) in [6.45, 7) is 5.82. The van der Waals surface area contributed by atoms with Gasteiger partial charge in [-0.1, -0.05) is 59.8 Å². The fourth-order valence-electron chi connectivity index (χ4n) is 4.01. The summed E-state index contributed by atoms with van der Waals surface area (Å²) in [5.41, 5.74) is 4.11. The molecule has 0 saturated carbocycles. The first-order valence-corrected chi connectivity index (χ1v) is 11.8. The lowest BCUT2D eigenvalue weighted by molar-refractivity contribution is -0.115. The van der Waals surface area contributed by atoms with Gasteiger partial charge in [0.05, 0.1) is 21.8 Å². The first-order chi connectivity index (χ1) is 16.4. The van der Waals surface area contributed by atoms with E-state index in [4.69, 9.17) is 0 Å². The second-order valence-electron chi connectivity index (χ2n) is 8.18. The summed E-state index contributed by atoms with van der Waals surface area (Å²) in [5.74, 6) is 0.272. The number of para-hydroxylation sites is 2. The second kappa shape index (κ2) is 8.79. The van der Waals surface area contributed by atoms with Crippen LogP contribution in [-0.4, -0.2) is 30.3 Å². The van der Waals surface area contributed by atoms with Gasteiger partial charge in [-0.3, -0.25) is 14.0 Å². The highest BCUT2D eigenvalue weighted by Gasteiger charge is 2.22. The third-order valence-corrected chi connectivity index (χ3v) is 6.72. The summed E-state index contributed by atoms with van der Waals surface area (Å²) >= 11 is 1.30. The Bertz CT molecular complexity index is 1590. The molecule has 34 heavy (non-hydrogen) atoms. The van der Waals surface area contributed by atoms with Crippen molar-refractivity contribution in [2.45, 2.75) is 31.2 Å². The lowest BCUT2D eigenvalue weighted by atomic mass is 10.1. The Kier molecular flexibility index (Phi) is 5.67. The normalized spacial score (nSPS) is 12.2. The van der Waals surface area contributed by atoms with Crippen molar-refractivity contribution < 1.29 is 4.79 Å². The largest absolute Gasteiger partial charge is 0.325 e. The maximum absolute atomic E-state index is 13.5. The number of carbonyl (C=O) groups excluding carboxylic acids is 1. The maximum atomic E-state index is 13.5. The number of hydrogen-bond acceptors (Lipinski definition) is 5. The van der Waals surface area contributed by atoms with Crippen LogP contribution in [0.3, 0.4) is 0 Å². The molecule has 170 valence electrons. The Morgan fingerprint density at radius 3 is 2.47 bits per heavy atom. The zero-order chi connectivity index (χ0) is 23.8. The van der Waals surface area contributed by atoms with E-state index >= 15 is 0 Å². The van der Waals surface area contributed by atoms with Crippen LogP contribution in [0.2, 0.25) is 0 Å². The monoisotopic (exact) mass is 469 g/mol. The van der Waals surface area contributed by atoms with Gasteiger partial charge in [-0.2, -0.15) is 0 Å². The van der Waals surface area contributed by atoms with E-state index in [-0.39, 0.29) is 11.5 Å². The van der Waals surface area contributed by atoms with Gasteiger partial charge in [0.2, 0.25) is 11.7 Å². The average molecular weight is 470 g/mol. The van der Waals surface area contributed by atoms with E-state index in [0.717, 1.165) is 22.5 Å². The molecule has 5 aromatic rings. The molecule has 2 aromatic heterocycles. The van der Waals surface area contributed by atoms with Gasteiger partial charge in [0, 0.05) is 5.69 Å². The Hall–Kier alpha value is -3.91. The molecule has 0 fully saturated rings. The van der Waals surface area contributed by atoms with Crippen LogP contribution in [0.1, 0.15) is 18.1 Å². The molecule has 0 aliphatic heterocycles. The summed E-state index contributed by atoms with van der Waals surface area (Å²) in [5, 5.41) is 12.4. The summed E-state index contributed by atoms with van der Waals surface area (Å²) in [4.78, 5) is 26.3. The van der Waals surface area contributed by atoms with E-state index in [1.165, 1.54) is 11.8 Å². The van der Waals surface area contributed by atoms with Crippen LogP contribution in [0, 0.1) is 13.8 Å². The lowest BCUT2D eigenvalue weighted by Gasteiger charge is -2.15. The van der Waals surface area contributed by atoms with Crippen LogP contribution in [0.4, 0.5) is 5.69 Å². The highest BCUT2D eigenvalue weighted by molar-refractivity contribution is 8.00. The van der Waals surface area contributed by atoms with Crippen LogP contribution in [0.15, 0.2) is 82.7 Å². The molecule has 0 aliphatic rings. The van der Waals surface area contributed by atoms with Gasteiger partial charge in [0.25, 0.3) is 5.56 Å². The number of rotatable bonds is 5. The van der Waals surface area contributed by atoms with E-state index in [1.807, 2.05) is 91.9 Å². The first-order valence-electron chi connectivity index (χ1n) is 10.9. The van der Waals surface area contributed by atoms with Crippen LogP contribution < -0.4 is 10.9 Å². The molecule has 7 nitrogen and oxygen atoms in total. The van der Waals surface area contributed by atoms with Crippen molar-refractivity contribution in [2.75, 3.05) is 5.32 Å². The predicted octanol–water partition coefficient (Wildman–Crippen LogP) is 4.77. The number of aromatic nitrogens is 4. The zero-order valence-corrected chi connectivity index (χ0v) is 19.8. The summed E-state index contributed by atoms with van der Waals surface area (Å²) in [6, 6.07) is 22.7. The van der Waals surface area contributed by atoms with Crippen LogP contribution in [0.25, 0.3) is 22.4 Å². The molecule has 8 heteroatoms. The quantitative estimate of drug-likeness (QED) is 0.375. The van der Waals surface area contributed by atoms with Crippen molar-refractivity contribution in [3.05, 3.63) is 94.3 Å². The van der Waals surface area contributed by atoms with E-state index in [2.05, 4.69) is 15.5 Å². The lowest BCUT2D eigenvalue weighted by Crippen LogP contribution is -2.24. The summed E-state index contributed by atoms with van der Waals surface area (Å²) in [6.07, 6.45) is 0. The van der Waals surface area contributed by atoms with Gasteiger partial charge < -0.3 is 5.32 Å². The molecule has 5 rings (SSSR count). The SMILES string of the molecule is Cc1ccc(-n2c(=O)c3ccccc3n3c(SC(C)C(=O)Nc4ccccc4)nnc23)c(C)c1. The number of amides is 1. The van der Waals surface area contributed by atoms with E-state index in [1.54, 1.807) is 10.6 Å². The molecule has 1 N–H and O–H groups in total. The predicted molar refractivity (Wildman–Crippen MR) is 136 cm³/mol. The average Bonchev–Trinajstić information content (AvgIpc) is 3.24. The summed E-state index contributed by atoms with van der Waals surface area (Å²) < 4.78 is 3.45. The maximum Gasteiger partial charge on any atom is 0.267 e. The molecular formula is C26H23N5O2S. The fraction of sp³-hybridized carbons (Fsp3) is 0.154. The Morgan fingerprint density at radius 2 is 1.71 bits per heavy atom. The highest BCUT2D eigenvalue weighted by Crippen LogP contribution is 2.27. The van der Waals surface area contributed by atoms with Crippen LogP contribution in [0.5, 0.6) is 0 Å². The number of nitrogens with one attached hydrogen (secondary N) is 1. The minimum atomic E-state index is -0.437. The Labute approximate surface area is 200 Å². The van der Waals surface area contributed by atoms with Gasteiger partial charge >= 0.3 is 0 Å². The highest BCUT2D eigenvalue weighted by atomic mass is 32.2. The molecule has 0 saturated heterocycles. The number of nitrogens with zero attached hydrogens (tertiary/aromatic N) is 4. The van der Waals surface area contributed by atoms with E-state index < -0.39 is 5.25 Å².